The zero-order valence-corrected chi connectivity index (χ0v) is 15.8. The third kappa shape index (κ3) is 1.91. The molecule has 26 heavy (non-hydrogen) atoms. The Balaban J connectivity index is 1.52. The smallest absolute Gasteiger partial charge is 0.306 e. The zero-order valence-electron chi connectivity index (χ0n) is 15.8. The lowest BCUT2D eigenvalue weighted by Gasteiger charge is -2.57. The second-order valence-corrected chi connectivity index (χ2v) is 9.72. The summed E-state index contributed by atoms with van der Waals surface area (Å²) in [4.78, 5) is 11.9. The van der Waals surface area contributed by atoms with Crippen LogP contribution in [0.4, 0.5) is 0 Å². The molecule has 1 N–H and O–H groups in total. The molecule has 4 aliphatic carbocycles. The summed E-state index contributed by atoms with van der Waals surface area (Å²) in [6, 6.07) is 0. The predicted octanol–water partition coefficient (Wildman–Crippen LogP) is 4.63. The van der Waals surface area contributed by atoms with Crippen molar-refractivity contribution in [3.63, 3.8) is 0 Å². The fourth-order valence-corrected chi connectivity index (χ4v) is 7.38. The van der Waals surface area contributed by atoms with Crippen molar-refractivity contribution in [2.24, 2.45) is 33.7 Å². The molecule has 1 aliphatic heterocycles. The van der Waals surface area contributed by atoms with Gasteiger partial charge in [0.2, 0.25) is 0 Å². The number of fused-ring (bicyclic) bond motifs is 6. The van der Waals surface area contributed by atoms with E-state index < -0.39 is 0 Å². The first kappa shape index (κ1) is 16.6. The monoisotopic (exact) mass is 355 g/mol. The van der Waals surface area contributed by atoms with Crippen LogP contribution >= 0.6 is 0 Å². The number of hydrogen-bond acceptors (Lipinski definition) is 4. The van der Waals surface area contributed by atoms with Gasteiger partial charge in [0.05, 0.1) is 5.71 Å². The maximum absolute atomic E-state index is 11.9. The van der Waals surface area contributed by atoms with Crippen LogP contribution in [0, 0.1) is 28.6 Å². The van der Waals surface area contributed by atoms with Gasteiger partial charge in [0.25, 0.3) is 0 Å². The van der Waals surface area contributed by atoms with Gasteiger partial charge in [-0.3, -0.25) is 4.79 Å². The molecule has 4 heteroatoms. The Labute approximate surface area is 155 Å². The zero-order chi connectivity index (χ0) is 18.2. The molecular weight excluding hydrogens is 326 g/mol. The largest absolute Gasteiger partial charge is 0.458 e. The van der Waals surface area contributed by atoms with Crippen molar-refractivity contribution in [3.05, 3.63) is 23.8 Å². The standard InChI is InChI=1S/C22H29NO3/c1-20-9-5-15(23-25)13-14(20)3-4-16-17(20)6-10-21(2)18(16)7-11-22(21)12-8-19(24)26-22/h3-4,13,16-18,25H,5-12H2,1-2H3/t16-,17-,18+,20+,21+,22+/m0/s1. The van der Waals surface area contributed by atoms with E-state index in [4.69, 9.17) is 4.74 Å². The second-order valence-electron chi connectivity index (χ2n) is 9.72. The van der Waals surface area contributed by atoms with Crippen LogP contribution in [0.2, 0.25) is 0 Å². The molecule has 0 unspecified atom stereocenters. The Bertz CT molecular complexity index is 752. The molecule has 0 aromatic carbocycles. The second kappa shape index (κ2) is 5.24. The average Bonchev–Trinajstić information content (AvgIpc) is 3.15. The number of ether oxygens (including phenoxy) is 1. The molecule has 1 spiro atoms. The fourth-order valence-electron chi connectivity index (χ4n) is 7.38. The molecule has 1 heterocycles. The van der Waals surface area contributed by atoms with Crippen molar-refractivity contribution >= 4 is 11.7 Å². The van der Waals surface area contributed by atoms with Gasteiger partial charge >= 0.3 is 5.97 Å². The maximum Gasteiger partial charge on any atom is 0.306 e. The van der Waals surface area contributed by atoms with Crippen LogP contribution in [0.3, 0.4) is 0 Å². The van der Waals surface area contributed by atoms with E-state index >= 15 is 0 Å². The SMILES string of the molecule is C[C@@]12CCC(=NO)C=C1C=C[C@@H]1[C@H]3CC[C@@]4(CCC(=O)O4)[C@]3(C)CC[C@@H]12. The van der Waals surface area contributed by atoms with Crippen LogP contribution in [0.15, 0.2) is 29.0 Å². The first-order valence-corrected chi connectivity index (χ1v) is 10.3. The summed E-state index contributed by atoms with van der Waals surface area (Å²) in [6.07, 6.45) is 14.8. The van der Waals surface area contributed by atoms with Gasteiger partial charge < -0.3 is 9.94 Å². The number of nitrogens with zero attached hydrogens (tertiary/aromatic N) is 1. The van der Waals surface area contributed by atoms with Gasteiger partial charge in [-0.1, -0.05) is 31.2 Å². The topological polar surface area (TPSA) is 58.9 Å². The fraction of sp³-hybridized carbons (Fsp3) is 0.727. The molecule has 5 aliphatic rings. The van der Waals surface area contributed by atoms with Gasteiger partial charge in [0.1, 0.15) is 5.60 Å². The van der Waals surface area contributed by atoms with Gasteiger partial charge in [-0.05, 0) is 79.8 Å². The molecule has 0 radical (unpaired) electrons. The minimum atomic E-state index is -0.201. The van der Waals surface area contributed by atoms with E-state index in [0.29, 0.717) is 24.2 Å². The van der Waals surface area contributed by atoms with Crippen LogP contribution < -0.4 is 0 Å². The molecule has 140 valence electrons. The van der Waals surface area contributed by atoms with Crippen LogP contribution in [0.1, 0.15) is 65.2 Å². The maximum atomic E-state index is 11.9. The third-order valence-electron chi connectivity index (χ3n) is 8.99. The molecule has 1 saturated heterocycles. The molecule has 3 fully saturated rings. The quantitative estimate of drug-likeness (QED) is 0.391. The van der Waals surface area contributed by atoms with Crippen molar-refractivity contribution in [1.82, 2.24) is 0 Å². The third-order valence-corrected chi connectivity index (χ3v) is 8.99. The van der Waals surface area contributed by atoms with Crippen molar-refractivity contribution in [3.8, 4) is 0 Å². The predicted molar refractivity (Wildman–Crippen MR) is 98.9 cm³/mol. The van der Waals surface area contributed by atoms with Crippen molar-refractivity contribution in [2.75, 3.05) is 0 Å². The highest BCUT2D eigenvalue weighted by molar-refractivity contribution is 5.96. The number of allylic oxidation sites excluding steroid dienone is 4. The van der Waals surface area contributed by atoms with E-state index in [1.165, 1.54) is 18.4 Å². The average molecular weight is 355 g/mol. The summed E-state index contributed by atoms with van der Waals surface area (Å²) in [5.74, 6) is 1.83. The highest BCUT2D eigenvalue weighted by atomic mass is 16.6. The lowest BCUT2D eigenvalue weighted by molar-refractivity contribution is -0.165. The Kier molecular flexibility index (Phi) is 3.34. The normalized spacial score (nSPS) is 51.0. The Morgan fingerprint density at radius 1 is 1.12 bits per heavy atom. The van der Waals surface area contributed by atoms with Gasteiger partial charge in [-0.2, -0.15) is 0 Å². The van der Waals surface area contributed by atoms with Crippen molar-refractivity contribution in [2.45, 2.75) is 70.8 Å². The van der Waals surface area contributed by atoms with Crippen LogP contribution in [-0.2, 0) is 9.53 Å². The van der Waals surface area contributed by atoms with E-state index in [2.05, 4.69) is 37.2 Å². The van der Waals surface area contributed by atoms with Crippen LogP contribution in [0.5, 0.6) is 0 Å². The molecule has 0 bridgehead atoms. The van der Waals surface area contributed by atoms with Gasteiger partial charge in [-0.15, -0.1) is 0 Å². The highest BCUT2D eigenvalue weighted by Crippen LogP contribution is 2.68. The van der Waals surface area contributed by atoms with E-state index in [1.54, 1.807) is 0 Å². The number of esters is 1. The summed E-state index contributed by atoms with van der Waals surface area (Å²) >= 11 is 0. The molecular formula is C22H29NO3. The molecule has 0 aromatic rings. The number of rotatable bonds is 0. The molecule has 2 saturated carbocycles. The van der Waals surface area contributed by atoms with Gasteiger partial charge in [-0.25, -0.2) is 0 Å². The van der Waals surface area contributed by atoms with Crippen LogP contribution in [0.25, 0.3) is 0 Å². The van der Waals surface area contributed by atoms with E-state index in [1.807, 2.05) is 0 Å². The Morgan fingerprint density at radius 3 is 2.65 bits per heavy atom. The minimum absolute atomic E-state index is 0.00784. The number of oxime groups is 1. The van der Waals surface area contributed by atoms with E-state index in [9.17, 15) is 10.0 Å². The lowest BCUT2D eigenvalue weighted by atomic mass is 9.48. The van der Waals surface area contributed by atoms with E-state index in [0.717, 1.165) is 37.8 Å². The van der Waals surface area contributed by atoms with Gasteiger partial charge in [0.15, 0.2) is 0 Å². The summed E-state index contributed by atoms with van der Waals surface area (Å²) in [5, 5.41) is 12.6. The summed E-state index contributed by atoms with van der Waals surface area (Å²) in [7, 11) is 0. The van der Waals surface area contributed by atoms with Crippen molar-refractivity contribution < 1.29 is 14.7 Å². The lowest BCUT2D eigenvalue weighted by Crippen LogP contribution is -2.53. The number of carbonyl (C=O) groups excluding carboxylic acids is 1. The van der Waals surface area contributed by atoms with Crippen molar-refractivity contribution in [1.29, 1.82) is 0 Å². The van der Waals surface area contributed by atoms with E-state index in [-0.39, 0.29) is 22.4 Å². The number of carbonyl (C=O) groups is 1. The number of hydrogen-bond donors (Lipinski definition) is 1. The molecule has 0 aromatic heterocycles. The Morgan fingerprint density at radius 2 is 1.92 bits per heavy atom. The van der Waals surface area contributed by atoms with Crippen LogP contribution in [-0.4, -0.2) is 22.5 Å². The van der Waals surface area contributed by atoms with Gasteiger partial charge in [0, 0.05) is 11.8 Å². The summed E-state index contributed by atoms with van der Waals surface area (Å²) in [6.45, 7) is 4.82. The minimum Gasteiger partial charge on any atom is -0.458 e. The summed E-state index contributed by atoms with van der Waals surface area (Å²) < 4.78 is 6.00. The highest BCUT2D eigenvalue weighted by Gasteiger charge is 2.66. The molecule has 5 rings (SSSR count). The molecule has 4 nitrogen and oxygen atoms in total. The molecule has 6 atom stereocenters. The summed E-state index contributed by atoms with van der Waals surface area (Å²) in [5.41, 5.74) is 2.24. The first-order valence-electron chi connectivity index (χ1n) is 10.3. The molecule has 0 amide bonds. The first-order chi connectivity index (χ1) is 12.4. The Hall–Kier alpha value is -1.58.